The van der Waals surface area contributed by atoms with Crippen LogP contribution in [0.3, 0.4) is 0 Å². The van der Waals surface area contributed by atoms with E-state index in [-0.39, 0.29) is 17.9 Å². The minimum absolute atomic E-state index is 0.0481. The topological polar surface area (TPSA) is 90.7 Å². The van der Waals surface area contributed by atoms with Crippen molar-refractivity contribution in [1.29, 1.82) is 0 Å². The molecule has 0 aliphatic carbocycles. The lowest BCUT2D eigenvalue weighted by Gasteiger charge is -2.34. The van der Waals surface area contributed by atoms with Crippen LogP contribution in [0.5, 0.6) is 0 Å². The van der Waals surface area contributed by atoms with Gasteiger partial charge in [0.2, 0.25) is 11.9 Å². The summed E-state index contributed by atoms with van der Waals surface area (Å²) in [5.41, 5.74) is 3.33. The summed E-state index contributed by atoms with van der Waals surface area (Å²) in [5.74, 6) is 1.92. The second-order valence-electron chi connectivity index (χ2n) is 9.63. The van der Waals surface area contributed by atoms with Crippen molar-refractivity contribution in [1.82, 2.24) is 29.5 Å². The highest BCUT2D eigenvalue weighted by Gasteiger charge is 2.36. The van der Waals surface area contributed by atoms with Crippen molar-refractivity contribution < 1.29 is 9.59 Å². The van der Waals surface area contributed by atoms with E-state index >= 15 is 0 Å². The predicted molar refractivity (Wildman–Crippen MR) is 138 cm³/mol. The van der Waals surface area contributed by atoms with Crippen LogP contribution in [0.2, 0.25) is 0 Å². The van der Waals surface area contributed by atoms with Crippen LogP contribution >= 0.6 is 0 Å². The van der Waals surface area contributed by atoms with Gasteiger partial charge in [-0.1, -0.05) is 30.3 Å². The summed E-state index contributed by atoms with van der Waals surface area (Å²) in [5, 5.41) is 4.76. The molecule has 188 valence electrons. The first-order valence-electron chi connectivity index (χ1n) is 12.3. The molecule has 0 saturated carbocycles. The van der Waals surface area contributed by atoms with Crippen molar-refractivity contribution in [3.8, 4) is 11.3 Å². The Morgan fingerprint density at radius 1 is 1.06 bits per heavy atom. The quantitative estimate of drug-likeness (QED) is 0.545. The van der Waals surface area contributed by atoms with Gasteiger partial charge in [-0.05, 0) is 19.4 Å². The number of rotatable bonds is 5. The second kappa shape index (κ2) is 9.25. The number of anilines is 3. The van der Waals surface area contributed by atoms with E-state index in [1.807, 2.05) is 71.6 Å². The summed E-state index contributed by atoms with van der Waals surface area (Å²) >= 11 is 0. The molecule has 1 saturated heterocycles. The predicted octanol–water partition coefficient (Wildman–Crippen LogP) is 2.68. The first-order valence-corrected chi connectivity index (χ1v) is 12.3. The van der Waals surface area contributed by atoms with Crippen molar-refractivity contribution >= 4 is 29.4 Å². The number of fused-ring (bicyclic) bond motifs is 1. The molecule has 2 aromatic heterocycles. The average molecular weight is 489 g/mol. The largest absolute Gasteiger partial charge is 0.339 e. The van der Waals surface area contributed by atoms with E-state index in [9.17, 15) is 9.59 Å². The Balaban J connectivity index is 1.54. The van der Waals surface area contributed by atoms with Gasteiger partial charge >= 0.3 is 0 Å². The third kappa shape index (κ3) is 4.16. The molecule has 10 nitrogen and oxygen atoms in total. The number of carbonyl (C=O) groups excluding carboxylic acids is 2. The summed E-state index contributed by atoms with van der Waals surface area (Å²) < 4.78 is 1.86. The molecule has 2 aliphatic heterocycles. The number of aromatic nitrogens is 4. The molecule has 0 spiro atoms. The van der Waals surface area contributed by atoms with Gasteiger partial charge in [-0.2, -0.15) is 10.1 Å². The van der Waals surface area contributed by atoms with E-state index in [0.29, 0.717) is 50.2 Å². The molecule has 36 heavy (non-hydrogen) atoms. The molecule has 3 aromatic rings. The minimum atomic E-state index is -0.0772. The van der Waals surface area contributed by atoms with Gasteiger partial charge in [0.1, 0.15) is 11.5 Å². The summed E-state index contributed by atoms with van der Waals surface area (Å²) in [6, 6.07) is 12.2. The zero-order valence-electron chi connectivity index (χ0n) is 21.5. The number of piperazine rings is 1. The number of aryl methyl sites for hydroxylation is 1. The number of benzene rings is 1. The second-order valence-corrected chi connectivity index (χ2v) is 9.63. The van der Waals surface area contributed by atoms with Gasteiger partial charge in [-0.25, -0.2) is 4.98 Å². The smallest absolute Gasteiger partial charge is 0.273 e. The molecule has 0 atom stereocenters. The van der Waals surface area contributed by atoms with Crippen LogP contribution < -0.4 is 9.80 Å². The Labute approximate surface area is 211 Å². The fourth-order valence-electron chi connectivity index (χ4n) is 4.82. The number of hydrogen-bond acceptors (Lipinski definition) is 7. The number of nitrogens with zero attached hydrogens (tertiary/aromatic N) is 8. The Morgan fingerprint density at radius 2 is 1.75 bits per heavy atom. The van der Waals surface area contributed by atoms with Gasteiger partial charge < -0.3 is 19.6 Å². The lowest BCUT2D eigenvalue weighted by Crippen LogP contribution is -2.48. The van der Waals surface area contributed by atoms with Gasteiger partial charge in [-0.15, -0.1) is 0 Å². The summed E-state index contributed by atoms with van der Waals surface area (Å²) in [6.07, 6.45) is 0. The first-order chi connectivity index (χ1) is 17.2. The standard InChI is InChI=1S/C26H32N8O2/c1-17(2)34-16-20-23(25(34)36)27-26(33-13-11-32(12-14-33)18(3)35)28-24(20)30(4)22-15-21(31(5)29-22)19-9-7-6-8-10-19/h6-10,15,17H,11-14,16H2,1-5H3. The molecule has 0 bridgehead atoms. The van der Waals surface area contributed by atoms with Crippen LogP contribution in [0, 0.1) is 0 Å². The van der Waals surface area contributed by atoms with Crippen molar-refractivity contribution in [3.63, 3.8) is 0 Å². The van der Waals surface area contributed by atoms with Crippen molar-refractivity contribution in [2.45, 2.75) is 33.4 Å². The molecule has 0 radical (unpaired) electrons. The maximum Gasteiger partial charge on any atom is 0.273 e. The van der Waals surface area contributed by atoms with E-state index in [1.54, 1.807) is 6.92 Å². The lowest BCUT2D eigenvalue weighted by molar-refractivity contribution is -0.129. The molecule has 5 rings (SSSR count). The molecule has 1 aromatic carbocycles. The highest BCUT2D eigenvalue weighted by Crippen LogP contribution is 2.35. The summed E-state index contributed by atoms with van der Waals surface area (Å²) in [6.45, 7) is 8.51. The minimum Gasteiger partial charge on any atom is -0.339 e. The third-order valence-corrected chi connectivity index (χ3v) is 6.99. The summed E-state index contributed by atoms with van der Waals surface area (Å²) in [7, 11) is 3.85. The highest BCUT2D eigenvalue weighted by molar-refractivity contribution is 5.98. The van der Waals surface area contributed by atoms with Crippen LogP contribution in [0.1, 0.15) is 36.8 Å². The van der Waals surface area contributed by atoms with Crippen LogP contribution in [0.4, 0.5) is 17.6 Å². The van der Waals surface area contributed by atoms with Crippen molar-refractivity contribution in [3.05, 3.63) is 47.7 Å². The van der Waals surface area contributed by atoms with Crippen LogP contribution in [-0.4, -0.2) is 80.6 Å². The molecule has 4 heterocycles. The van der Waals surface area contributed by atoms with Crippen LogP contribution in [0.25, 0.3) is 11.3 Å². The van der Waals surface area contributed by atoms with E-state index in [2.05, 4.69) is 17.0 Å². The molecule has 2 aliphatic rings. The Morgan fingerprint density at radius 3 is 2.39 bits per heavy atom. The maximum atomic E-state index is 13.3. The molecule has 0 N–H and O–H groups in total. The van der Waals surface area contributed by atoms with E-state index in [4.69, 9.17) is 15.1 Å². The van der Waals surface area contributed by atoms with Gasteiger partial charge in [0, 0.05) is 64.9 Å². The van der Waals surface area contributed by atoms with Crippen LogP contribution in [0.15, 0.2) is 36.4 Å². The van der Waals surface area contributed by atoms with E-state index < -0.39 is 0 Å². The molecular weight excluding hydrogens is 456 g/mol. The Hall–Kier alpha value is -3.95. The lowest BCUT2D eigenvalue weighted by atomic mass is 10.1. The Kier molecular flexibility index (Phi) is 6.11. The maximum absolute atomic E-state index is 13.3. The number of hydrogen-bond donors (Lipinski definition) is 0. The normalized spacial score (nSPS) is 15.6. The monoisotopic (exact) mass is 488 g/mol. The highest BCUT2D eigenvalue weighted by atomic mass is 16.2. The fraction of sp³-hybridized carbons (Fsp3) is 0.423. The first kappa shape index (κ1) is 23.8. The van der Waals surface area contributed by atoms with Gasteiger partial charge in [0.15, 0.2) is 5.82 Å². The SMILES string of the molecule is CC(=O)N1CCN(c2nc3c(c(N(C)c4cc(-c5ccccc5)n(C)n4)n2)CN(C(C)C)C3=O)CC1. The fourth-order valence-corrected chi connectivity index (χ4v) is 4.82. The summed E-state index contributed by atoms with van der Waals surface area (Å²) in [4.78, 5) is 42.4. The molecule has 2 amide bonds. The zero-order valence-corrected chi connectivity index (χ0v) is 21.5. The molecule has 0 unspecified atom stereocenters. The van der Waals surface area contributed by atoms with E-state index in [0.717, 1.165) is 22.6 Å². The zero-order chi connectivity index (χ0) is 25.6. The van der Waals surface area contributed by atoms with Crippen LogP contribution in [-0.2, 0) is 18.4 Å². The van der Waals surface area contributed by atoms with E-state index in [1.165, 1.54) is 0 Å². The average Bonchev–Trinajstić information content (AvgIpc) is 3.43. The Bertz CT molecular complexity index is 1290. The third-order valence-electron chi connectivity index (χ3n) is 6.99. The molecular formula is C26H32N8O2. The van der Waals surface area contributed by atoms with Crippen molar-refractivity contribution in [2.75, 3.05) is 43.0 Å². The number of amides is 2. The molecule has 10 heteroatoms. The molecule has 1 fully saturated rings. The van der Waals surface area contributed by atoms with Crippen molar-refractivity contribution in [2.24, 2.45) is 7.05 Å². The van der Waals surface area contributed by atoms with Gasteiger partial charge in [0.05, 0.1) is 12.2 Å². The van der Waals surface area contributed by atoms with Gasteiger partial charge in [-0.3, -0.25) is 14.3 Å². The number of carbonyl (C=O) groups is 2. The van der Waals surface area contributed by atoms with Gasteiger partial charge in [0.25, 0.3) is 5.91 Å².